The van der Waals surface area contributed by atoms with Crippen LogP contribution in [0.2, 0.25) is 0 Å². The first-order valence-corrected chi connectivity index (χ1v) is 46.9. The summed E-state index contributed by atoms with van der Waals surface area (Å²) in [5, 5.41) is 427. The quantitative estimate of drug-likeness (QED) is 0.0252. The molecule has 147 heavy (non-hydrogen) atoms. The van der Waals surface area contributed by atoms with Crippen LogP contribution in [0.1, 0.15) is 12.8 Å². The van der Waals surface area contributed by atoms with Gasteiger partial charge in [0.2, 0.25) is 12.0 Å². The van der Waals surface area contributed by atoms with E-state index in [-0.39, 0.29) is 6.08 Å². The van der Waals surface area contributed by atoms with Crippen LogP contribution in [0, 0.1) is 0 Å². The fourth-order valence-electron chi connectivity index (χ4n) is 17.9. The van der Waals surface area contributed by atoms with E-state index in [4.69, 9.17) is 126 Å². The Morgan fingerprint density at radius 2 is 0.816 bits per heavy atom. The predicted molar refractivity (Wildman–Crippen MR) is 441 cm³/mol. The number of aliphatic carboxylic acids is 3. The van der Waals surface area contributed by atoms with Gasteiger partial charge in [0.15, 0.2) is 56.4 Å². The van der Waals surface area contributed by atoms with Crippen molar-refractivity contribution in [2.75, 3.05) is 79.2 Å². The zero-order chi connectivity index (χ0) is 109. The molecule has 0 aromatic carbocycles. The molecule has 0 saturated carbocycles. The van der Waals surface area contributed by atoms with Gasteiger partial charge in [-0.3, -0.25) is 9.05 Å². The number of aliphatic hydroxyl groups is 35. The minimum absolute atomic E-state index is 0.288. The van der Waals surface area contributed by atoms with Gasteiger partial charge in [-0.25, -0.2) is 18.9 Å². The summed E-state index contributed by atoms with van der Waals surface area (Å²) in [5.41, 5.74) is 17.4. The van der Waals surface area contributed by atoms with Crippen LogP contribution in [0.5, 0.6) is 0 Å². The Kier molecular flexibility index (Phi) is 43.7. The second-order valence-corrected chi connectivity index (χ2v) is 37.6. The SMILES string of the molecule is NCCOP(=O)(O)O[C@@H](CO[C@H]1O[C@H]([C@@H](O)CO)[C@@H](O)[C@H](O)[C@@H]1O)[C@H]1O[C@H](O[C@@H]2[C@H](O)[C@@H](O[C@H]3[C@@H]([C@H](O)CO)O[C@@](OC[C@H]4O[C@@H](OC[C@H]5O[C@H](O)[C@H](N)[C@@H](O)[C@@H]5O)[C@H](N)[C@@H](O)[C@@H]4O)(C(=O)O)C[C@H]3O[C@]3(C(=O)O)C[C@@H](O)[C@@H](O)[C@@H]([C@H](O)CO)O3)O[C@H]([C@@H](O)CO)[C@H]2O[C@@H]2O[C@H](CO)[C@@H](O)[C@H](O)[C@H]2O)[C@@H](O)[C@@H](O[C@@H]2OC(C(=O)O)=C[C@H](O)[C@H]2O[C@H]2O[C@H]([C@H](O)CO)[C@@H](O)[C@H](O)[C@@H]2O[C@H]2O[C@H]([C@@H](O)CO)[C@@H](O)[C@H](O)[C@@H]2O)[C@@H]1O. The summed E-state index contributed by atoms with van der Waals surface area (Å²) >= 11 is 0. The molecule has 0 radical (unpaired) electrons. The molecule has 10 saturated heterocycles. The molecular weight excluding hydrogens is 2050 g/mol. The van der Waals surface area contributed by atoms with Crippen molar-refractivity contribution in [2.24, 2.45) is 17.2 Å². The van der Waals surface area contributed by atoms with Crippen molar-refractivity contribution < 1.29 is 326 Å². The van der Waals surface area contributed by atoms with Crippen molar-refractivity contribution in [3.8, 4) is 0 Å². The monoisotopic (exact) mass is 2180 g/mol. The van der Waals surface area contributed by atoms with Gasteiger partial charge in [-0.1, -0.05) is 0 Å². The van der Waals surface area contributed by atoms with Gasteiger partial charge in [-0.15, -0.1) is 0 Å². The zero-order valence-corrected chi connectivity index (χ0v) is 77.3. The minimum atomic E-state index is -6.02. The number of ether oxygens (including phenoxy) is 21. The Morgan fingerprint density at radius 3 is 1.37 bits per heavy atom. The van der Waals surface area contributed by atoms with Crippen molar-refractivity contribution in [1.29, 1.82) is 0 Å². The molecule has 11 heterocycles. The Balaban J connectivity index is 1.06. The maximum absolute atomic E-state index is 14.4. The minimum Gasteiger partial charge on any atom is -0.477 e. The molecule has 69 nitrogen and oxygen atoms in total. The van der Waals surface area contributed by atoms with Gasteiger partial charge in [-0.05, 0) is 6.08 Å². The Morgan fingerprint density at radius 1 is 0.388 bits per heavy atom. The number of hydrogen-bond acceptors (Lipinski definition) is 65. The number of carboxylic acids is 3. The number of carboxylic acid groups (broad SMARTS) is 3. The van der Waals surface area contributed by atoms with Crippen LogP contribution >= 0.6 is 7.82 Å². The second-order valence-electron chi connectivity index (χ2n) is 36.2. The molecule has 10 fully saturated rings. The Bertz CT molecular complexity index is 4190. The van der Waals surface area contributed by atoms with Crippen molar-refractivity contribution in [3.05, 3.63) is 11.8 Å². The van der Waals surface area contributed by atoms with E-state index in [0.29, 0.717) is 0 Å². The molecule has 11 aliphatic heterocycles. The molecule has 0 spiro atoms. The summed E-state index contributed by atoms with van der Waals surface area (Å²) < 4.78 is 148. The maximum atomic E-state index is 14.4. The molecule has 70 heteroatoms. The predicted octanol–water partition coefficient (Wildman–Crippen LogP) is -27.2. The third-order valence-electron chi connectivity index (χ3n) is 26.2. The molecule has 1 unspecified atom stereocenters. The van der Waals surface area contributed by atoms with Gasteiger partial charge in [0.1, 0.15) is 256 Å². The topological polar surface area (TPSA) is 1150 Å². The van der Waals surface area contributed by atoms with Gasteiger partial charge < -0.3 is 316 Å². The lowest BCUT2D eigenvalue weighted by atomic mass is 9.89. The standard InChI is InChI=1S/C77H130N3O66P/c78-1-2-127-147(122,123)146-29(14-125-67-45(109)39(103)41(105)51(132-67)18(90)6-81)58-48(112)60(139-72-57(16(88)3-24(129-72)64(115)116)136-73-62(44(108)43(107)53(134-73)20(92)8-83)141-69-47(111)40(104)42(106)52(133-69)19(91)7-82)49(113)70(137-58)140-61-50(114)71(135-55(22(94)10-85)63(61)142-68-46(110)38(102)33(97)26(12-87)130-68)138-59-25(143-77(75(120)121)4-17(89)32(96)54(144-77)21(93)9-84)5-76(74(118)119,145-56(59)23(95)11-86)126-15-28-35(99)37(101)31(80)66(131-28)124-13-27-34(98)36(100)30(79)65(117)128-27/h3,16-23,25-63,65-73,81-114,117H,1-2,4-15,78-80H2,(H,115,116)(H,118,119)(H,120,121)(H,122,123)/t16-,17+,18-,19-,20+,21+,22-,23+,25+,26+,27+,28+,29-,30+,31+,32+,33+,34+,35+,36+,37+,38-,39-,40-,41-,42-,43-,44-,45-,46+,47-,48+,49-,50-,51+,52+,53+,54+,55+,56+,57+,58+,59+,60-,61+,62-,63+,65-,66+,67-,68-,69+,70+,71+,72-,73+,76+,77+/m0/s1. The highest BCUT2D eigenvalue weighted by Crippen LogP contribution is 2.50. The lowest BCUT2D eigenvalue weighted by Crippen LogP contribution is -2.71. The summed E-state index contributed by atoms with van der Waals surface area (Å²) in [4.78, 5) is 53.1. The number of aliphatic hydroxyl groups excluding tert-OH is 35. The van der Waals surface area contributed by atoms with Gasteiger partial charge in [0, 0.05) is 19.4 Å². The van der Waals surface area contributed by atoms with Crippen molar-refractivity contribution in [3.63, 3.8) is 0 Å². The number of hydrogen-bond donors (Lipinski definition) is 42. The molecule has 0 bridgehead atoms. The highest BCUT2D eigenvalue weighted by Gasteiger charge is 2.67. The van der Waals surface area contributed by atoms with E-state index in [1.54, 1.807) is 0 Å². The maximum Gasteiger partial charge on any atom is 0.472 e. The van der Waals surface area contributed by atoms with Gasteiger partial charge in [-0.2, -0.15) is 0 Å². The van der Waals surface area contributed by atoms with Crippen molar-refractivity contribution in [1.82, 2.24) is 0 Å². The summed E-state index contributed by atoms with van der Waals surface area (Å²) in [6.07, 6.45) is -142. The third kappa shape index (κ3) is 26.9. The Hall–Kier alpha value is -4.26. The van der Waals surface area contributed by atoms with Crippen LogP contribution in [-0.2, 0) is 127 Å². The molecule has 45 N–H and O–H groups in total. The molecule has 11 aliphatic rings. The normalized spacial score (nSPS) is 47.5. The average Bonchev–Trinajstić information content (AvgIpc) is 0.739. The molecular formula is C77H130N3O66P. The molecule has 11 rings (SSSR count). The van der Waals surface area contributed by atoms with Crippen molar-refractivity contribution >= 4 is 25.7 Å². The van der Waals surface area contributed by atoms with Gasteiger partial charge in [0.25, 0.3) is 11.6 Å². The van der Waals surface area contributed by atoms with E-state index in [9.17, 15) is 218 Å². The fraction of sp³-hybridized carbons (Fsp3) is 0.935. The van der Waals surface area contributed by atoms with Crippen LogP contribution in [0.25, 0.3) is 0 Å². The molecule has 0 aromatic rings. The lowest BCUT2D eigenvalue weighted by Gasteiger charge is -2.53. The highest BCUT2D eigenvalue weighted by molar-refractivity contribution is 7.47. The number of carbonyl (C=O) groups is 3. The zero-order valence-electron chi connectivity index (χ0n) is 76.5. The van der Waals surface area contributed by atoms with Crippen LogP contribution < -0.4 is 17.2 Å². The van der Waals surface area contributed by atoms with Gasteiger partial charge in [0.05, 0.1) is 97.0 Å². The number of phosphoric ester groups is 1. The van der Waals surface area contributed by atoms with E-state index >= 15 is 0 Å². The van der Waals surface area contributed by atoms with Crippen LogP contribution in [0.15, 0.2) is 11.8 Å². The van der Waals surface area contributed by atoms with E-state index in [0.717, 1.165) is 0 Å². The number of phosphoric acid groups is 1. The largest absolute Gasteiger partial charge is 0.477 e. The number of nitrogens with two attached hydrogens (primary N) is 3. The highest BCUT2D eigenvalue weighted by atomic mass is 31.2. The first-order valence-electron chi connectivity index (χ1n) is 45.5. The van der Waals surface area contributed by atoms with Crippen molar-refractivity contribution in [2.45, 2.75) is 368 Å². The first-order chi connectivity index (χ1) is 69.1. The van der Waals surface area contributed by atoms with Crippen LogP contribution in [0.3, 0.4) is 0 Å². The van der Waals surface area contributed by atoms with Crippen LogP contribution in [-0.4, -0.2) is 651 Å². The average molecular weight is 2180 g/mol. The third-order valence-corrected chi connectivity index (χ3v) is 27.2. The summed E-state index contributed by atoms with van der Waals surface area (Å²) in [5.74, 6) is -16.1. The smallest absolute Gasteiger partial charge is 0.472 e. The molecule has 0 aliphatic carbocycles. The summed E-state index contributed by atoms with van der Waals surface area (Å²) in [6, 6.07) is -3.43. The molecule has 59 atom stereocenters. The van der Waals surface area contributed by atoms with Crippen LogP contribution in [0.4, 0.5) is 0 Å². The van der Waals surface area contributed by atoms with E-state index < -0.39 is 478 Å². The molecule has 0 amide bonds. The van der Waals surface area contributed by atoms with Gasteiger partial charge >= 0.3 is 25.7 Å². The Labute approximate surface area is 825 Å². The lowest BCUT2D eigenvalue weighted by molar-refractivity contribution is -0.418. The van der Waals surface area contributed by atoms with E-state index in [2.05, 4.69) is 0 Å². The molecule has 854 valence electrons. The fourth-order valence-corrected chi connectivity index (χ4v) is 18.8. The summed E-state index contributed by atoms with van der Waals surface area (Å²) in [7, 11) is -6.02. The number of rotatable bonds is 45. The second kappa shape index (κ2) is 52.3. The summed E-state index contributed by atoms with van der Waals surface area (Å²) in [6.45, 7) is -15.9. The van der Waals surface area contributed by atoms with E-state index in [1.165, 1.54) is 0 Å². The van der Waals surface area contributed by atoms with E-state index in [1.807, 2.05) is 0 Å². The molecule has 0 aromatic heterocycles. The first kappa shape index (κ1) is 123.